The predicted octanol–water partition coefficient (Wildman–Crippen LogP) is 3.22. The molecule has 100 valence electrons. The predicted molar refractivity (Wildman–Crippen MR) is 71.8 cm³/mol. The number of ether oxygens (including phenoxy) is 2. The fraction of sp³-hybridized carbons (Fsp3) is 0.533. The van der Waals surface area contributed by atoms with Crippen LogP contribution in [-0.4, -0.2) is 25.8 Å². The van der Waals surface area contributed by atoms with Crippen molar-refractivity contribution in [1.29, 1.82) is 0 Å². The van der Waals surface area contributed by atoms with Crippen LogP contribution in [0.4, 0.5) is 0 Å². The minimum absolute atomic E-state index is 0.279. The lowest BCUT2D eigenvalue weighted by Gasteiger charge is -2.06. The Hall–Kier alpha value is -1.35. The Morgan fingerprint density at radius 3 is 2.33 bits per heavy atom. The van der Waals surface area contributed by atoms with Crippen LogP contribution in [0.2, 0.25) is 0 Å². The molecule has 0 radical (unpaired) electrons. The first-order valence-electron chi connectivity index (χ1n) is 6.61. The smallest absolute Gasteiger partial charge is 0.338 e. The molecule has 0 amide bonds. The summed E-state index contributed by atoms with van der Waals surface area (Å²) < 4.78 is 10.4. The van der Waals surface area contributed by atoms with Gasteiger partial charge in [-0.15, -0.1) is 0 Å². The molecule has 0 saturated heterocycles. The Kier molecular flexibility index (Phi) is 7.11. The van der Waals surface area contributed by atoms with Gasteiger partial charge in [0.25, 0.3) is 0 Å². The summed E-state index contributed by atoms with van der Waals surface area (Å²) in [5.74, 6) is -0.279. The zero-order valence-electron chi connectivity index (χ0n) is 11.3. The van der Waals surface area contributed by atoms with Crippen LogP contribution in [0, 0.1) is 0 Å². The molecular weight excluding hydrogens is 228 g/mol. The fourth-order valence-electron chi connectivity index (χ4n) is 1.62. The lowest BCUT2D eigenvalue weighted by atomic mass is 10.1. The Labute approximate surface area is 109 Å². The molecule has 0 atom stereocenters. The molecule has 1 aromatic carbocycles. The molecule has 18 heavy (non-hydrogen) atoms. The number of carbonyl (C=O) groups excluding carboxylic acids is 1. The molecule has 0 N–H and O–H groups in total. The van der Waals surface area contributed by atoms with Gasteiger partial charge in [-0.3, -0.25) is 0 Å². The van der Waals surface area contributed by atoms with E-state index in [4.69, 9.17) is 9.47 Å². The van der Waals surface area contributed by atoms with Crippen molar-refractivity contribution >= 4 is 5.97 Å². The third-order valence-corrected chi connectivity index (χ3v) is 2.54. The van der Waals surface area contributed by atoms with Crippen molar-refractivity contribution in [2.45, 2.75) is 33.1 Å². The van der Waals surface area contributed by atoms with Crippen LogP contribution in [0.15, 0.2) is 24.3 Å². The van der Waals surface area contributed by atoms with Crippen LogP contribution in [0.25, 0.3) is 0 Å². The standard InChI is InChI=1S/C15H22O3/c1-3-5-13-6-8-14(9-7-13)15(16)18-12-11-17-10-4-2/h6-9H,3-5,10-12H2,1-2H3. The van der Waals surface area contributed by atoms with Crippen LogP contribution in [0.3, 0.4) is 0 Å². The molecule has 3 nitrogen and oxygen atoms in total. The molecule has 0 bridgehead atoms. The van der Waals surface area contributed by atoms with Gasteiger partial charge in [-0.05, 0) is 30.5 Å². The van der Waals surface area contributed by atoms with E-state index in [0.29, 0.717) is 25.4 Å². The van der Waals surface area contributed by atoms with Crippen molar-refractivity contribution in [1.82, 2.24) is 0 Å². The second kappa shape index (κ2) is 8.70. The number of aryl methyl sites for hydroxylation is 1. The van der Waals surface area contributed by atoms with Gasteiger partial charge in [0, 0.05) is 6.61 Å². The van der Waals surface area contributed by atoms with Gasteiger partial charge < -0.3 is 9.47 Å². The fourth-order valence-corrected chi connectivity index (χ4v) is 1.62. The Bertz CT molecular complexity index is 343. The van der Waals surface area contributed by atoms with Gasteiger partial charge in [-0.1, -0.05) is 32.4 Å². The van der Waals surface area contributed by atoms with Gasteiger partial charge in [0.15, 0.2) is 0 Å². The Balaban J connectivity index is 2.32. The zero-order chi connectivity index (χ0) is 13.2. The van der Waals surface area contributed by atoms with Gasteiger partial charge in [-0.2, -0.15) is 0 Å². The maximum absolute atomic E-state index is 11.7. The average molecular weight is 250 g/mol. The van der Waals surface area contributed by atoms with Gasteiger partial charge in [0.2, 0.25) is 0 Å². The molecule has 0 aromatic heterocycles. The molecule has 1 aromatic rings. The number of esters is 1. The molecule has 0 fully saturated rings. The van der Waals surface area contributed by atoms with Gasteiger partial charge in [0.1, 0.15) is 6.61 Å². The second-order valence-corrected chi connectivity index (χ2v) is 4.20. The highest BCUT2D eigenvalue weighted by Gasteiger charge is 2.06. The van der Waals surface area contributed by atoms with E-state index in [9.17, 15) is 4.79 Å². The van der Waals surface area contributed by atoms with Crippen molar-refractivity contribution in [2.24, 2.45) is 0 Å². The maximum atomic E-state index is 11.7. The summed E-state index contributed by atoms with van der Waals surface area (Å²) in [6, 6.07) is 7.60. The van der Waals surface area contributed by atoms with E-state index in [1.54, 1.807) is 0 Å². The highest BCUT2D eigenvalue weighted by molar-refractivity contribution is 5.89. The summed E-state index contributed by atoms with van der Waals surface area (Å²) >= 11 is 0. The van der Waals surface area contributed by atoms with E-state index in [-0.39, 0.29) is 5.97 Å². The van der Waals surface area contributed by atoms with Gasteiger partial charge >= 0.3 is 5.97 Å². The van der Waals surface area contributed by atoms with Crippen molar-refractivity contribution in [2.75, 3.05) is 19.8 Å². The van der Waals surface area contributed by atoms with Crippen molar-refractivity contribution in [3.63, 3.8) is 0 Å². The van der Waals surface area contributed by atoms with Crippen LogP contribution >= 0.6 is 0 Å². The maximum Gasteiger partial charge on any atom is 0.338 e. The minimum Gasteiger partial charge on any atom is -0.460 e. The number of rotatable bonds is 8. The SMILES string of the molecule is CCCOCCOC(=O)c1ccc(CCC)cc1. The number of carbonyl (C=O) groups is 1. The van der Waals surface area contributed by atoms with Gasteiger partial charge in [0.05, 0.1) is 12.2 Å². The first-order valence-corrected chi connectivity index (χ1v) is 6.61. The summed E-state index contributed by atoms with van der Waals surface area (Å²) in [4.78, 5) is 11.7. The molecule has 3 heteroatoms. The topological polar surface area (TPSA) is 35.5 Å². The molecule has 1 rings (SSSR count). The molecule has 0 aliphatic rings. The highest BCUT2D eigenvalue weighted by atomic mass is 16.6. The number of benzene rings is 1. The number of hydrogen-bond donors (Lipinski definition) is 0. The second-order valence-electron chi connectivity index (χ2n) is 4.20. The summed E-state index contributed by atoms with van der Waals surface area (Å²) in [5, 5.41) is 0. The minimum atomic E-state index is -0.279. The van der Waals surface area contributed by atoms with E-state index in [1.165, 1.54) is 5.56 Å². The molecule has 0 spiro atoms. The quantitative estimate of drug-likeness (QED) is 0.525. The summed E-state index contributed by atoms with van der Waals surface area (Å²) in [7, 11) is 0. The third kappa shape index (κ3) is 5.32. The zero-order valence-corrected chi connectivity index (χ0v) is 11.3. The van der Waals surface area contributed by atoms with E-state index in [2.05, 4.69) is 6.92 Å². The monoisotopic (exact) mass is 250 g/mol. The highest BCUT2D eigenvalue weighted by Crippen LogP contribution is 2.07. The number of hydrogen-bond acceptors (Lipinski definition) is 3. The molecule has 0 aliphatic carbocycles. The summed E-state index contributed by atoms with van der Waals surface area (Å²) in [5.41, 5.74) is 1.85. The molecule has 0 unspecified atom stereocenters. The first-order chi connectivity index (χ1) is 8.77. The first kappa shape index (κ1) is 14.7. The summed E-state index contributed by atoms with van der Waals surface area (Å²) in [6.07, 6.45) is 3.13. The molecular formula is C15H22O3. The average Bonchev–Trinajstić information content (AvgIpc) is 2.39. The Morgan fingerprint density at radius 2 is 1.72 bits per heavy atom. The van der Waals surface area contributed by atoms with Crippen molar-refractivity contribution < 1.29 is 14.3 Å². The third-order valence-electron chi connectivity index (χ3n) is 2.54. The molecule has 0 saturated carbocycles. The van der Waals surface area contributed by atoms with E-state index >= 15 is 0 Å². The van der Waals surface area contributed by atoms with E-state index < -0.39 is 0 Å². The molecule has 0 heterocycles. The van der Waals surface area contributed by atoms with Crippen LogP contribution in [-0.2, 0) is 15.9 Å². The van der Waals surface area contributed by atoms with Crippen LogP contribution < -0.4 is 0 Å². The summed E-state index contributed by atoms with van der Waals surface area (Å²) in [6.45, 7) is 5.68. The largest absolute Gasteiger partial charge is 0.460 e. The van der Waals surface area contributed by atoms with E-state index in [0.717, 1.165) is 19.3 Å². The van der Waals surface area contributed by atoms with Crippen LogP contribution in [0.5, 0.6) is 0 Å². The lowest BCUT2D eigenvalue weighted by molar-refractivity contribution is 0.0318. The van der Waals surface area contributed by atoms with Crippen molar-refractivity contribution in [3.8, 4) is 0 Å². The van der Waals surface area contributed by atoms with E-state index in [1.807, 2.05) is 31.2 Å². The van der Waals surface area contributed by atoms with Gasteiger partial charge in [-0.25, -0.2) is 4.79 Å². The Morgan fingerprint density at radius 1 is 1.00 bits per heavy atom. The lowest BCUT2D eigenvalue weighted by Crippen LogP contribution is -2.11. The van der Waals surface area contributed by atoms with Crippen molar-refractivity contribution in [3.05, 3.63) is 35.4 Å². The van der Waals surface area contributed by atoms with Crippen LogP contribution in [0.1, 0.15) is 42.6 Å². The molecule has 0 aliphatic heterocycles. The normalized spacial score (nSPS) is 10.3.